The Morgan fingerprint density at radius 1 is 1.36 bits per heavy atom. The van der Waals surface area contributed by atoms with E-state index in [4.69, 9.17) is 0 Å². The van der Waals surface area contributed by atoms with Gasteiger partial charge in [0.15, 0.2) is 9.84 Å². The lowest BCUT2D eigenvalue weighted by atomic mass is 10.2. The smallest absolute Gasteiger partial charge is 0.175 e. The van der Waals surface area contributed by atoms with Crippen molar-refractivity contribution in [3.63, 3.8) is 0 Å². The highest BCUT2D eigenvalue weighted by atomic mass is 32.2. The summed E-state index contributed by atoms with van der Waals surface area (Å²) in [7, 11) is -3.08. The highest BCUT2D eigenvalue weighted by Gasteiger charge is 2.06. The predicted octanol–water partition coefficient (Wildman–Crippen LogP) is 1.20. The monoisotopic (exact) mass is 213 g/mol. The summed E-state index contributed by atoms with van der Waals surface area (Å²) in [5.41, 5.74) is 0.995. The Kier molecular flexibility index (Phi) is 3.66. The first-order valence-electron chi connectivity index (χ1n) is 4.53. The van der Waals surface area contributed by atoms with E-state index in [0.717, 1.165) is 12.1 Å². The Bertz CT molecular complexity index is 398. The maximum absolute atomic E-state index is 11.2. The maximum Gasteiger partial charge on any atom is 0.175 e. The van der Waals surface area contributed by atoms with Crippen molar-refractivity contribution in [1.82, 2.24) is 5.32 Å². The number of hydrogen-bond donors (Lipinski definition) is 1. The first kappa shape index (κ1) is 11.2. The van der Waals surface area contributed by atoms with Crippen LogP contribution in [0, 0.1) is 0 Å². The van der Waals surface area contributed by atoms with E-state index in [1.54, 1.807) is 18.2 Å². The van der Waals surface area contributed by atoms with Gasteiger partial charge in [-0.1, -0.05) is 19.1 Å². The van der Waals surface area contributed by atoms with Crippen molar-refractivity contribution in [2.45, 2.75) is 18.4 Å². The van der Waals surface area contributed by atoms with Crippen molar-refractivity contribution in [2.24, 2.45) is 0 Å². The Morgan fingerprint density at radius 3 is 2.64 bits per heavy atom. The van der Waals surface area contributed by atoms with E-state index < -0.39 is 9.84 Å². The molecule has 14 heavy (non-hydrogen) atoms. The van der Waals surface area contributed by atoms with Gasteiger partial charge in [-0.2, -0.15) is 0 Å². The van der Waals surface area contributed by atoms with Gasteiger partial charge < -0.3 is 5.32 Å². The molecule has 3 nitrogen and oxygen atoms in total. The van der Waals surface area contributed by atoms with Crippen LogP contribution in [0.5, 0.6) is 0 Å². The topological polar surface area (TPSA) is 46.2 Å². The van der Waals surface area contributed by atoms with E-state index in [1.165, 1.54) is 6.26 Å². The molecule has 0 heterocycles. The van der Waals surface area contributed by atoms with Gasteiger partial charge in [-0.15, -0.1) is 0 Å². The summed E-state index contributed by atoms with van der Waals surface area (Å²) in [4.78, 5) is 0.382. The summed E-state index contributed by atoms with van der Waals surface area (Å²) >= 11 is 0. The van der Waals surface area contributed by atoms with Crippen molar-refractivity contribution in [3.8, 4) is 0 Å². The summed E-state index contributed by atoms with van der Waals surface area (Å²) in [5.74, 6) is 0. The van der Waals surface area contributed by atoms with Gasteiger partial charge >= 0.3 is 0 Å². The number of sulfone groups is 1. The number of hydrogen-bond acceptors (Lipinski definition) is 3. The van der Waals surface area contributed by atoms with Crippen molar-refractivity contribution in [3.05, 3.63) is 29.8 Å². The van der Waals surface area contributed by atoms with Crippen LogP contribution in [-0.4, -0.2) is 21.2 Å². The van der Waals surface area contributed by atoms with Crippen LogP contribution in [0.15, 0.2) is 29.2 Å². The van der Waals surface area contributed by atoms with Crippen LogP contribution in [-0.2, 0) is 16.4 Å². The van der Waals surface area contributed by atoms with Gasteiger partial charge in [-0.3, -0.25) is 0 Å². The molecule has 0 atom stereocenters. The van der Waals surface area contributed by atoms with E-state index in [2.05, 4.69) is 5.32 Å². The van der Waals surface area contributed by atoms with Crippen LogP contribution in [0.25, 0.3) is 0 Å². The molecule has 1 N–H and O–H groups in total. The molecule has 0 aliphatic rings. The van der Waals surface area contributed by atoms with Crippen LogP contribution in [0.4, 0.5) is 0 Å². The largest absolute Gasteiger partial charge is 0.313 e. The molecule has 0 spiro atoms. The lowest BCUT2D eigenvalue weighted by molar-refractivity contribution is 0.601. The van der Waals surface area contributed by atoms with Crippen LogP contribution in [0.3, 0.4) is 0 Å². The summed E-state index contributed by atoms with van der Waals surface area (Å²) in [6.07, 6.45) is 1.22. The molecular weight excluding hydrogens is 198 g/mol. The zero-order valence-corrected chi connectivity index (χ0v) is 9.26. The second kappa shape index (κ2) is 4.57. The van der Waals surface area contributed by atoms with E-state index in [0.29, 0.717) is 11.4 Å². The fraction of sp³-hybridized carbons (Fsp3) is 0.400. The van der Waals surface area contributed by atoms with Gasteiger partial charge in [0.1, 0.15) is 0 Å². The molecule has 0 saturated carbocycles. The molecule has 1 aromatic carbocycles. The summed E-state index contributed by atoms with van der Waals surface area (Å²) < 4.78 is 22.5. The van der Waals surface area contributed by atoms with E-state index in [1.807, 2.05) is 13.0 Å². The molecule has 0 bridgehead atoms. The third kappa shape index (κ3) is 3.12. The molecule has 0 amide bonds. The third-order valence-corrected chi connectivity index (χ3v) is 3.02. The van der Waals surface area contributed by atoms with Crippen molar-refractivity contribution in [2.75, 3.05) is 12.8 Å². The second-order valence-electron chi connectivity index (χ2n) is 3.20. The highest BCUT2D eigenvalue weighted by Crippen LogP contribution is 2.10. The van der Waals surface area contributed by atoms with Crippen molar-refractivity contribution >= 4 is 9.84 Å². The number of nitrogens with one attached hydrogen (secondary N) is 1. The number of rotatable bonds is 4. The second-order valence-corrected chi connectivity index (χ2v) is 5.22. The van der Waals surface area contributed by atoms with Gasteiger partial charge in [0.25, 0.3) is 0 Å². The van der Waals surface area contributed by atoms with Crippen LogP contribution >= 0.6 is 0 Å². The van der Waals surface area contributed by atoms with Crippen LogP contribution < -0.4 is 5.32 Å². The van der Waals surface area contributed by atoms with E-state index in [-0.39, 0.29) is 0 Å². The third-order valence-electron chi connectivity index (χ3n) is 1.91. The Hall–Kier alpha value is -0.870. The van der Waals surface area contributed by atoms with Crippen LogP contribution in [0.2, 0.25) is 0 Å². The Morgan fingerprint density at radius 2 is 2.07 bits per heavy atom. The van der Waals surface area contributed by atoms with Crippen molar-refractivity contribution in [1.29, 1.82) is 0 Å². The van der Waals surface area contributed by atoms with Gasteiger partial charge in [-0.05, 0) is 24.2 Å². The lowest BCUT2D eigenvalue weighted by Crippen LogP contribution is -2.12. The van der Waals surface area contributed by atoms with Crippen LogP contribution in [0.1, 0.15) is 12.5 Å². The molecular formula is C10H15NO2S. The normalized spacial score (nSPS) is 11.6. The molecule has 0 radical (unpaired) electrons. The lowest BCUT2D eigenvalue weighted by Gasteiger charge is -2.04. The Labute approximate surface area is 85.1 Å². The van der Waals surface area contributed by atoms with Gasteiger partial charge in [0, 0.05) is 12.8 Å². The zero-order chi connectivity index (χ0) is 10.6. The SMILES string of the molecule is CCNCc1cccc(S(C)(=O)=O)c1. The summed E-state index contributed by atoms with van der Waals surface area (Å²) in [6, 6.07) is 7.00. The molecule has 0 aliphatic heterocycles. The zero-order valence-electron chi connectivity index (χ0n) is 8.45. The first-order valence-corrected chi connectivity index (χ1v) is 6.43. The minimum atomic E-state index is -3.08. The van der Waals surface area contributed by atoms with Gasteiger partial charge in [0.2, 0.25) is 0 Å². The molecule has 4 heteroatoms. The molecule has 0 fully saturated rings. The molecule has 0 unspecified atom stereocenters. The predicted molar refractivity (Wildman–Crippen MR) is 56.9 cm³/mol. The van der Waals surface area contributed by atoms with Crippen molar-refractivity contribution < 1.29 is 8.42 Å². The molecule has 78 valence electrons. The van der Waals surface area contributed by atoms with Gasteiger partial charge in [-0.25, -0.2) is 8.42 Å². The standard InChI is InChI=1S/C10H15NO2S/c1-3-11-8-9-5-4-6-10(7-9)14(2,12)13/h4-7,11H,3,8H2,1-2H3. The van der Waals surface area contributed by atoms with Gasteiger partial charge in [0.05, 0.1) is 4.90 Å². The first-order chi connectivity index (χ1) is 6.54. The summed E-state index contributed by atoms with van der Waals surface area (Å²) in [6.45, 7) is 3.60. The van der Waals surface area contributed by atoms with E-state index >= 15 is 0 Å². The number of benzene rings is 1. The summed E-state index contributed by atoms with van der Waals surface area (Å²) in [5, 5.41) is 3.15. The highest BCUT2D eigenvalue weighted by molar-refractivity contribution is 7.90. The average Bonchev–Trinajstić information content (AvgIpc) is 2.14. The minimum absolute atomic E-state index is 0.382. The maximum atomic E-state index is 11.2. The molecule has 0 aromatic heterocycles. The molecule has 0 aliphatic carbocycles. The fourth-order valence-corrected chi connectivity index (χ4v) is 1.85. The minimum Gasteiger partial charge on any atom is -0.313 e. The molecule has 0 saturated heterocycles. The average molecular weight is 213 g/mol. The fourth-order valence-electron chi connectivity index (χ4n) is 1.16. The quantitative estimate of drug-likeness (QED) is 0.817. The Balaban J connectivity index is 2.90. The molecule has 1 aromatic rings. The van der Waals surface area contributed by atoms with E-state index in [9.17, 15) is 8.42 Å². The molecule has 1 rings (SSSR count).